The SMILES string of the molecule is CCCC1(C(=O)Nc2cc(F)ccc2F)CCCNC1. The molecule has 3 nitrogen and oxygen atoms in total. The van der Waals surface area contributed by atoms with Gasteiger partial charge in [-0.1, -0.05) is 13.3 Å². The number of piperidine rings is 1. The molecule has 0 saturated carbocycles. The first-order chi connectivity index (χ1) is 9.57. The molecule has 5 heteroatoms. The first-order valence-corrected chi connectivity index (χ1v) is 7.04. The maximum atomic E-state index is 13.6. The minimum atomic E-state index is -0.616. The van der Waals surface area contributed by atoms with E-state index in [1.54, 1.807) is 0 Å². The van der Waals surface area contributed by atoms with Crippen LogP contribution in [0.3, 0.4) is 0 Å². The van der Waals surface area contributed by atoms with Crippen molar-refractivity contribution in [3.8, 4) is 0 Å². The summed E-state index contributed by atoms with van der Waals surface area (Å²) in [7, 11) is 0. The molecule has 1 aromatic rings. The number of rotatable bonds is 4. The van der Waals surface area contributed by atoms with Gasteiger partial charge in [0.05, 0.1) is 11.1 Å². The lowest BCUT2D eigenvalue weighted by Crippen LogP contribution is -2.48. The van der Waals surface area contributed by atoms with Crippen LogP contribution >= 0.6 is 0 Å². The van der Waals surface area contributed by atoms with E-state index in [1.165, 1.54) is 0 Å². The molecule has 2 N–H and O–H groups in total. The molecule has 1 atom stereocenters. The number of amides is 1. The lowest BCUT2D eigenvalue weighted by atomic mass is 9.76. The van der Waals surface area contributed by atoms with Gasteiger partial charge in [-0.15, -0.1) is 0 Å². The molecule has 20 heavy (non-hydrogen) atoms. The summed E-state index contributed by atoms with van der Waals surface area (Å²) in [4.78, 5) is 12.5. The van der Waals surface area contributed by atoms with Gasteiger partial charge >= 0.3 is 0 Å². The van der Waals surface area contributed by atoms with Crippen LogP contribution in [0.15, 0.2) is 18.2 Å². The van der Waals surface area contributed by atoms with Crippen LogP contribution in [0.5, 0.6) is 0 Å². The molecule has 1 aliphatic rings. The fourth-order valence-electron chi connectivity index (χ4n) is 2.82. The molecule has 0 spiro atoms. The van der Waals surface area contributed by atoms with E-state index in [4.69, 9.17) is 0 Å². The van der Waals surface area contributed by atoms with Gasteiger partial charge in [0.2, 0.25) is 5.91 Å². The topological polar surface area (TPSA) is 41.1 Å². The Morgan fingerprint density at radius 2 is 2.25 bits per heavy atom. The third-order valence-electron chi connectivity index (χ3n) is 3.86. The minimum absolute atomic E-state index is 0.0870. The monoisotopic (exact) mass is 282 g/mol. The summed E-state index contributed by atoms with van der Waals surface area (Å²) in [6, 6.07) is 3.08. The van der Waals surface area contributed by atoms with Crippen LogP contribution in [0.2, 0.25) is 0 Å². The second-order valence-corrected chi connectivity index (χ2v) is 5.39. The number of carbonyl (C=O) groups excluding carboxylic acids is 1. The smallest absolute Gasteiger partial charge is 0.231 e. The van der Waals surface area contributed by atoms with Gasteiger partial charge in [-0.05, 0) is 37.9 Å². The van der Waals surface area contributed by atoms with Crippen LogP contribution in [-0.4, -0.2) is 19.0 Å². The van der Waals surface area contributed by atoms with Crippen molar-refractivity contribution in [2.24, 2.45) is 5.41 Å². The van der Waals surface area contributed by atoms with Crippen LogP contribution in [-0.2, 0) is 4.79 Å². The maximum Gasteiger partial charge on any atom is 0.231 e. The van der Waals surface area contributed by atoms with Gasteiger partial charge in [-0.25, -0.2) is 8.78 Å². The van der Waals surface area contributed by atoms with Gasteiger partial charge in [-0.3, -0.25) is 4.79 Å². The Hall–Kier alpha value is -1.49. The zero-order valence-corrected chi connectivity index (χ0v) is 11.6. The van der Waals surface area contributed by atoms with Gasteiger partial charge in [0.25, 0.3) is 0 Å². The molecule has 1 aliphatic heterocycles. The average Bonchev–Trinajstić information content (AvgIpc) is 2.44. The van der Waals surface area contributed by atoms with E-state index < -0.39 is 17.0 Å². The highest BCUT2D eigenvalue weighted by Gasteiger charge is 2.38. The highest BCUT2D eigenvalue weighted by Crippen LogP contribution is 2.33. The fraction of sp³-hybridized carbons (Fsp3) is 0.533. The Morgan fingerprint density at radius 3 is 2.90 bits per heavy atom. The molecule has 1 saturated heterocycles. The zero-order valence-electron chi connectivity index (χ0n) is 11.6. The quantitative estimate of drug-likeness (QED) is 0.891. The van der Waals surface area contributed by atoms with E-state index in [2.05, 4.69) is 10.6 Å². The largest absolute Gasteiger partial charge is 0.323 e. The normalized spacial score (nSPS) is 22.6. The lowest BCUT2D eigenvalue weighted by Gasteiger charge is -2.36. The second-order valence-electron chi connectivity index (χ2n) is 5.39. The Bertz CT molecular complexity index is 479. The van der Waals surface area contributed by atoms with Crippen molar-refractivity contribution in [2.45, 2.75) is 32.6 Å². The fourth-order valence-corrected chi connectivity index (χ4v) is 2.82. The Morgan fingerprint density at radius 1 is 1.45 bits per heavy atom. The number of hydrogen-bond acceptors (Lipinski definition) is 2. The summed E-state index contributed by atoms with van der Waals surface area (Å²) in [6.45, 7) is 3.50. The standard InChI is InChI=1S/C15H20F2N2O/c1-2-6-15(7-3-8-18-10-15)14(20)19-13-9-11(16)4-5-12(13)17/h4-5,9,18H,2-3,6-8,10H2,1H3,(H,19,20). The predicted molar refractivity (Wildman–Crippen MR) is 74.4 cm³/mol. The lowest BCUT2D eigenvalue weighted by molar-refractivity contribution is -0.127. The third kappa shape index (κ3) is 3.15. The summed E-state index contributed by atoms with van der Waals surface area (Å²) in [5, 5.41) is 5.78. The predicted octanol–water partition coefficient (Wildman–Crippen LogP) is 3.07. The summed E-state index contributed by atoms with van der Waals surface area (Å²) in [6.07, 6.45) is 3.30. The van der Waals surface area contributed by atoms with E-state index in [9.17, 15) is 13.6 Å². The Balaban J connectivity index is 2.18. The molecule has 2 rings (SSSR count). The highest BCUT2D eigenvalue weighted by atomic mass is 19.1. The van der Waals surface area contributed by atoms with Gasteiger partial charge < -0.3 is 10.6 Å². The molecule has 1 fully saturated rings. The number of hydrogen-bond donors (Lipinski definition) is 2. The molecule has 1 heterocycles. The van der Waals surface area contributed by atoms with E-state index >= 15 is 0 Å². The van der Waals surface area contributed by atoms with Gasteiger partial charge in [0, 0.05) is 12.6 Å². The molecule has 0 aliphatic carbocycles. The average molecular weight is 282 g/mol. The van der Waals surface area contributed by atoms with Crippen molar-refractivity contribution in [2.75, 3.05) is 18.4 Å². The van der Waals surface area contributed by atoms with Crippen LogP contribution in [0.25, 0.3) is 0 Å². The van der Waals surface area contributed by atoms with Crippen LogP contribution < -0.4 is 10.6 Å². The number of benzene rings is 1. The van der Waals surface area contributed by atoms with Crippen molar-refractivity contribution >= 4 is 11.6 Å². The molecule has 0 aromatic heterocycles. The molecule has 0 radical (unpaired) electrons. The Labute approximate surface area is 117 Å². The number of carbonyl (C=O) groups is 1. The summed E-state index contributed by atoms with van der Waals surface area (Å²) in [5.74, 6) is -1.40. The molecule has 1 amide bonds. The van der Waals surface area contributed by atoms with Crippen molar-refractivity contribution < 1.29 is 13.6 Å². The number of anilines is 1. The molecule has 1 aromatic carbocycles. The number of halogens is 2. The van der Waals surface area contributed by atoms with E-state index in [1.807, 2.05) is 6.92 Å². The minimum Gasteiger partial charge on any atom is -0.323 e. The summed E-state index contributed by atoms with van der Waals surface area (Å²) in [5.41, 5.74) is -0.609. The van der Waals surface area contributed by atoms with Crippen LogP contribution in [0, 0.1) is 17.0 Å². The first kappa shape index (κ1) is 14.9. The second kappa shape index (κ2) is 6.31. The van der Waals surface area contributed by atoms with Crippen molar-refractivity contribution in [3.05, 3.63) is 29.8 Å². The van der Waals surface area contributed by atoms with Crippen molar-refractivity contribution in [3.63, 3.8) is 0 Å². The van der Waals surface area contributed by atoms with E-state index in [-0.39, 0.29) is 11.6 Å². The van der Waals surface area contributed by atoms with E-state index in [0.717, 1.165) is 50.4 Å². The molecule has 110 valence electrons. The van der Waals surface area contributed by atoms with Gasteiger partial charge in [0.1, 0.15) is 11.6 Å². The Kier molecular flexibility index (Phi) is 4.70. The third-order valence-corrected chi connectivity index (χ3v) is 3.86. The zero-order chi connectivity index (χ0) is 14.6. The molecular weight excluding hydrogens is 262 g/mol. The van der Waals surface area contributed by atoms with Crippen molar-refractivity contribution in [1.82, 2.24) is 5.32 Å². The highest BCUT2D eigenvalue weighted by molar-refractivity contribution is 5.95. The molecular formula is C15H20F2N2O. The van der Waals surface area contributed by atoms with Crippen LogP contribution in [0.4, 0.5) is 14.5 Å². The molecule has 1 unspecified atom stereocenters. The van der Waals surface area contributed by atoms with E-state index in [0.29, 0.717) is 6.54 Å². The first-order valence-electron chi connectivity index (χ1n) is 7.04. The number of nitrogens with one attached hydrogen (secondary N) is 2. The molecule has 0 bridgehead atoms. The summed E-state index contributed by atoms with van der Waals surface area (Å²) < 4.78 is 26.8. The maximum absolute atomic E-state index is 13.6. The van der Waals surface area contributed by atoms with Gasteiger partial charge in [-0.2, -0.15) is 0 Å². The summed E-state index contributed by atoms with van der Waals surface area (Å²) >= 11 is 0. The van der Waals surface area contributed by atoms with Crippen molar-refractivity contribution in [1.29, 1.82) is 0 Å². The van der Waals surface area contributed by atoms with Crippen LogP contribution in [0.1, 0.15) is 32.6 Å². The van der Waals surface area contributed by atoms with Gasteiger partial charge in [0.15, 0.2) is 0 Å².